The van der Waals surface area contributed by atoms with E-state index in [0.29, 0.717) is 23.9 Å². The van der Waals surface area contributed by atoms with Gasteiger partial charge in [0, 0.05) is 12.8 Å². The van der Waals surface area contributed by atoms with E-state index in [4.69, 9.17) is 13.8 Å². The topological polar surface area (TPSA) is 114 Å². The van der Waals surface area contributed by atoms with Gasteiger partial charge in [0.15, 0.2) is 0 Å². The van der Waals surface area contributed by atoms with Crippen LogP contribution in [0.2, 0.25) is 0 Å². The fourth-order valence-electron chi connectivity index (χ4n) is 7.55. The van der Waals surface area contributed by atoms with Crippen molar-refractivity contribution in [3.8, 4) is 0 Å². The summed E-state index contributed by atoms with van der Waals surface area (Å²) in [6.07, 6.45) is 65.1. The van der Waals surface area contributed by atoms with E-state index in [-0.39, 0.29) is 31.3 Å². The quantitative estimate of drug-likeness (QED) is 0.0161. The minimum absolute atomic E-state index is 0.0384. The summed E-state index contributed by atoms with van der Waals surface area (Å²) in [5.41, 5.74) is 0. The molecule has 3 atom stereocenters. The number of unbranched alkanes of at least 4 members (excludes halogenated alkanes) is 24. The first-order valence-corrected chi connectivity index (χ1v) is 29.6. The minimum atomic E-state index is -4.71. The van der Waals surface area contributed by atoms with Crippen LogP contribution in [0.15, 0.2) is 97.2 Å². The van der Waals surface area contributed by atoms with Crippen molar-refractivity contribution < 1.29 is 37.3 Å². The second-order valence-electron chi connectivity index (χ2n) is 19.9. The van der Waals surface area contributed by atoms with Crippen molar-refractivity contribution in [2.24, 2.45) is 0 Å². The first kappa shape index (κ1) is 66.9. The molecule has 1 N–H and O–H groups in total. The molecule has 3 unspecified atom stereocenters. The number of allylic oxidation sites excluding steroid dienone is 15. The van der Waals surface area contributed by atoms with Crippen molar-refractivity contribution in [2.45, 2.75) is 232 Å². The summed E-state index contributed by atoms with van der Waals surface area (Å²) in [4.78, 5) is 39.8. The summed E-state index contributed by atoms with van der Waals surface area (Å²) in [6.45, 7) is 6.63. The lowest BCUT2D eigenvalue weighted by Gasteiger charge is -2.30. The molecular formula is C60H105N2O7P. The predicted molar refractivity (Wildman–Crippen MR) is 297 cm³/mol. The second-order valence-corrected chi connectivity index (χ2v) is 21.3. The number of carbonyl (C=O) groups excluding carboxylic acids is 2. The summed E-state index contributed by atoms with van der Waals surface area (Å²) in [6, 6.07) is -0.922. The predicted octanol–water partition coefficient (Wildman–Crippen LogP) is 16.2. The monoisotopic (exact) mass is 997 g/mol. The largest absolute Gasteiger partial charge is 0.756 e. The number of amides is 1. The molecule has 0 radical (unpaired) electrons. The molecule has 0 saturated carbocycles. The molecule has 9 nitrogen and oxygen atoms in total. The highest BCUT2D eigenvalue weighted by Crippen LogP contribution is 2.38. The van der Waals surface area contributed by atoms with E-state index in [1.54, 1.807) is 0 Å². The average molecular weight is 997 g/mol. The standard InChI is InChI=1S/C60H105N2O7P/c1-7-10-13-16-19-22-25-28-30-31-32-34-37-40-43-46-49-52-59(63)61-57(56-68-70(65,66)67-55-54-62(4,5)6)58(51-48-45-42-39-36-33-27-24-21-18-15-12-9-3)69-60(64)53-50-47-44-41-38-35-29-26-23-20-17-14-11-8-2/h10,13,16,19,22,25,28,30-32,34-35,37-38,48,51,57-58H,7-9,11-12,14-15,17-18,20-21,23-24,26-27,29,33,36,39-47,49-50,52-56H2,1-6H3,(H-,61,63,65,66)/b13-10-,19-16+,25-22+,30-28-,32-31+,37-34+,38-35-,51-48+. The highest BCUT2D eigenvalue weighted by Gasteiger charge is 2.27. The van der Waals surface area contributed by atoms with Gasteiger partial charge >= 0.3 is 5.97 Å². The van der Waals surface area contributed by atoms with Crippen LogP contribution in [-0.4, -0.2) is 69.4 Å². The number of nitrogens with zero attached hydrogens (tertiary/aromatic N) is 1. The van der Waals surface area contributed by atoms with Gasteiger partial charge in [0.2, 0.25) is 5.91 Å². The van der Waals surface area contributed by atoms with Crippen LogP contribution in [-0.2, 0) is 27.9 Å². The van der Waals surface area contributed by atoms with Crippen LogP contribution in [0, 0.1) is 0 Å². The first-order chi connectivity index (χ1) is 33.9. The summed E-state index contributed by atoms with van der Waals surface area (Å²) >= 11 is 0. The molecule has 0 aromatic rings. The van der Waals surface area contributed by atoms with E-state index in [1.165, 1.54) is 103 Å². The van der Waals surface area contributed by atoms with Gasteiger partial charge in [-0.15, -0.1) is 0 Å². The molecular weight excluding hydrogens is 892 g/mol. The number of likely N-dealkylation sites (N-methyl/N-ethyl adjacent to an activating group) is 1. The van der Waals surface area contributed by atoms with Crippen LogP contribution in [0.5, 0.6) is 0 Å². The van der Waals surface area contributed by atoms with E-state index in [0.717, 1.165) is 70.6 Å². The number of phosphoric ester groups is 1. The van der Waals surface area contributed by atoms with Crippen LogP contribution in [0.25, 0.3) is 0 Å². The first-order valence-electron chi connectivity index (χ1n) is 28.1. The normalized spacial score (nSPS) is 14.6. The van der Waals surface area contributed by atoms with Crippen molar-refractivity contribution in [1.29, 1.82) is 0 Å². The number of esters is 1. The SMILES string of the molecule is CC\C=C/C=C/C=C/C=C\C=C\C=C\CCCCCC(=O)NC(COP(=O)([O-])OCC[N+](C)(C)C)C(/C=C/CCCCCCCCCCCCC)OC(=O)CCCCC/C=C\CCCCCCCCC. The number of carbonyl (C=O) groups is 2. The molecule has 0 bridgehead atoms. The number of nitrogens with one attached hydrogen (secondary N) is 1. The van der Waals surface area contributed by atoms with Gasteiger partial charge in [0.25, 0.3) is 7.82 Å². The molecule has 402 valence electrons. The highest BCUT2D eigenvalue weighted by molar-refractivity contribution is 7.45. The lowest BCUT2D eigenvalue weighted by Crippen LogP contribution is -2.47. The summed E-state index contributed by atoms with van der Waals surface area (Å²) in [7, 11) is 1.13. The van der Waals surface area contributed by atoms with Gasteiger partial charge in [-0.25, -0.2) is 0 Å². The van der Waals surface area contributed by atoms with E-state index in [1.807, 2.05) is 94.1 Å². The van der Waals surface area contributed by atoms with Crippen LogP contribution >= 0.6 is 7.82 Å². The Balaban J connectivity index is 5.52. The molecule has 0 aliphatic heterocycles. The Morgan fingerprint density at radius 1 is 0.514 bits per heavy atom. The zero-order chi connectivity index (χ0) is 51.5. The van der Waals surface area contributed by atoms with Gasteiger partial charge in [-0.05, 0) is 76.7 Å². The van der Waals surface area contributed by atoms with Gasteiger partial charge in [-0.1, -0.05) is 227 Å². The van der Waals surface area contributed by atoms with Crippen molar-refractivity contribution in [1.82, 2.24) is 5.32 Å². The summed E-state index contributed by atoms with van der Waals surface area (Å²) in [5, 5.41) is 2.99. The maximum atomic E-state index is 13.5. The van der Waals surface area contributed by atoms with Crippen molar-refractivity contribution in [3.63, 3.8) is 0 Å². The fourth-order valence-corrected chi connectivity index (χ4v) is 8.27. The molecule has 10 heteroatoms. The lowest BCUT2D eigenvalue weighted by molar-refractivity contribution is -0.870. The molecule has 1 amide bonds. The summed E-state index contributed by atoms with van der Waals surface area (Å²) in [5.74, 6) is -0.617. The molecule has 0 heterocycles. The van der Waals surface area contributed by atoms with Crippen LogP contribution in [0.1, 0.15) is 220 Å². The lowest BCUT2D eigenvalue weighted by atomic mass is 10.0. The third-order valence-corrected chi connectivity index (χ3v) is 12.9. The van der Waals surface area contributed by atoms with Gasteiger partial charge in [0.1, 0.15) is 19.3 Å². The maximum absolute atomic E-state index is 13.5. The number of phosphoric acid groups is 1. The van der Waals surface area contributed by atoms with Gasteiger partial charge < -0.3 is 28.5 Å². The number of quaternary nitrogens is 1. The number of ether oxygens (including phenoxy) is 1. The highest BCUT2D eigenvalue weighted by atomic mass is 31.2. The van der Waals surface area contributed by atoms with Crippen LogP contribution in [0.3, 0.4) is 0 Å². The van der Waals surface area contributed by atoms with E-state index in [9.17, 15) is 19.0 Å². The molecule has 0 aliphatic rings. The van der Waals surface area contributed by atoms with Gasteiger partial charge in [-0.2, -0.15) is 0 Å². The molecule has 0 fully saturated rings. The molecule has 0 aromatic carbocycles. The third-order valence-electron chi connectivity index (χ3n) is 11.9. The van der Waals surface area contributed by atoms with Crippen LogP contribution in [0.4, 0.5) is 0 Å². The number of hydrogen-bond donors (Lipinski definition) is 1. The van der Waals surface area contributed by atoms with E-state index >= 15 is 0 Å². The molecule has 70 heavy (non-hydrogen) atoms. The fraction of sp³-hybridized carbons (Fsp3) is 0.700. The van der Waals surface area contributed by atoms with Crippen molar-refractivity contribution in [2.75, 3.05) is 40.9 Å². The number of rotatable bonds is 49. The van der Waals surface area contributed by atoms with E-state index in [2.05, 4.69) is 50.4 Å². The Hall–Kier alpha value is -3.07. The zero-order valence-electron chi connectivity index (χ0n) is 45.7. The third kappa shape index (κ3) is 49.9. The Labute approximate surface area is 430 Å². The smallest absolute Gasteiger partial charge is 0.306 e. The zero-order valence-corrected chi connectivity index (χ0v) is 46.6. The van der Waals surface area contributed by atoms with Gasteiger partial charge in [-0.3, -0.25) is 14.2 Å². The van der Waals surface area contributed by atoms with E-state index < -0.39 is 26.6 Å². The Morgan fingerprint density at radius 3 is 1.41 bits per heavy atom. The Bertz CT molecular complexity index is 1520. The molecule has 0 spiro atoms. The molecule has 0 saturated heterocycles. The Kier molecular flexibility index (Phi) is 47.3. The molecule has 0 rings (SSSR count). The Morgan fingerprint density at radius 2 is 0.929 bits per heavy atom. The molecule has 0 aliphatic carbocycles. The minimum Gasteiger partial charge on any atom is -0.756 e. The second kappa shape index (κ2) is 49.5. The van der Waals surface area contributed by atoms with Gasteiger partial charge in [0.05, 0.1) is 33.8 Å². The number of hydrogen-bond acceptors (Lipinski definition) is 7. The van der Waals surface area contributed by atoms with Crippen LogP contribution < -0.4 is 10.2 Å². The maximum Gasteiger partial charge on any atom is 0.306 e. The average Bonchev–Trinajstić information content (AvgIpc) is 3.32. The van der Waals surface area contributed by atoms with Crippen molar-refractivity contribution >= 4 is 19.7 Å². The molecule has 0 aromatic heterocycles. The van der Waals surface area contributed by atoms with Crippen molar-refractivity contribution in [3.05, 3.63) is 97.2 Å². The summed E-state index contributed by atoms with van der Waals surface area (Å²) < 4.78 is 30.2.